The number of alkyl halides is 4. The molecule has 0 aliphatic heterocycles. The Bertz CT molecular complexity index is 615. The van der Waals surface area contributed by atoms with Gasteiger partial charge in [-0.3, -0.25) is 0 Å². The van der Waals surface area contributed by atoms with Crippen LogP contribution in [0.4, 0.5) is 13.2 Å². The number of benzene rings is 1. The Morgan fingerprint density at radius 1 is 1.15 bits per heavy atom. The van der Waals surface area contributed by atoms with Crippen molar-refractivity contribution in [3.8, 4) is 11.4 Å². The molecule has 1 aliphatic rings. The van der Waals surface area contributed by atoms with Gasteiger partial charge < -0.3 is 4.57 Å². The first-order chi connectivity index (χ1) is 9.50. The molecule has 0 radical (unpaired) electrons. The van der Waals surface area contributed by atoms with Gasteiger partial charge in [-0.2, -0.15) is 13.2 Å². The molecule has 1 aromatic carbocycles. The second-order valence-electron chi connectivity index (χ2n) is 4.75. The Balaban J connectivity index is 1.99. The second-order valence-corrected chi connectivity index (χ2v) is 5.02. The molecule has 0 bridgehead atoms. The summed E-state index contributed by atoms with van der Waals surface area (Å²) in [6, 6.07) is 5.27. The van der Waals surface area contributed by atoms with Gasteiger partial charge in [0.2, 0.25) is 0 Å². The van der Waals surface area contributed by atoms with Crippen molar-refractivity contribution < 1.29 is 13.2 Å². The molecule has 0 spiro atoms. The largest absolute Gasteiger partial charge is 0.416 e. The van der Waals surface area contributed by atoms with Crippen LogP contribution in [0.15, 0.2) is 24.3 Å². The normalized spacial score (nSPS) is 15.6. The Morgan fingerprint density at radius 3 is 2.30 bits per heavy atom. The number of rotatable bonds is 3. The van der Waals surface area contributed by atoms with Gasteiger partial charge in [0.15, 0.2) is 5.82 Å². The van der Waals surface area contributed by atoms with E-state index in [1.807, 2.05) is 4.57 Å². The van der Waals surface area contributed by atoms with Crippen molar-refractivity contribution in [2.45, 2.75) is 30.9 Å². The highest BCUT2D eigenvalue weighted by molar-refractivity contribution is 6.16. The number of halogens is 4. The van der Waals surface area contributed by atoms with E-state index in [2.05, 4.69) is 10.2 Å². The summed E-state index contributed by atoms with van der Waals surface area (Å²) in [4.78, 5) is 0. The van der Waals surface area contributed by atoms with Gasteiger partial charge in [0.25, 0.3) is 0 Å². The monoisotopic (exact) mass is 301 g/mol. The van der Waals surface area contributed by atoms with Crippen molar-refractivity contribution in [1.29, 1.82) is 0 Å². The van der Waals surface area contributed by atoms with Crippen LogP contribution in [0.25, 0.3) is 11.4 Å². The molecule has 0 unspecified atom stereocenters. The fraction of sp³-hybridized carbons (Fsp3) is 0.385. The van der Waals surface area contributed by atoms with Crippen molar-refractivity contribution >= 4 is 11.6 Å². The van der Waals surface area contributed by atoms with E-state index in [9.17, 15) is 13.2 Å². The molecule has 3 nitrogen and oxygen atoms in total. The summed E-state index contributed by atoms with van der Waals surface area (Å²) in [7, 11) is 0. The Kier molecular flexibility index (Phi) is 3.20. The lowest BCUT2D eigenvalue weighted by molar-refractivity contribution is -0.137. The van der Waals surface area contributed by atoms with Crippen LogP contribution in [0.1, 0.15) is 30.3 Å². The standard InChI is InChI=1S/C13H11ClF3N3/c14-7-11-18-19-12(20(11)10-5-6-10)8-1-3-9(4-2-8)13(15,16)17/h1-4,10H,5-7H2. The van der Waals surface area contributed by atoms with E-state index in [-0.39, 0.29) is 5.88 Å². The maximum atomic E-state index is 12.5. The van der Waals surface area contributed by atoms with Crippen LogP contribution in [0, 0.1) is 0 Å². The van der Waals surface area contributed by atoms with Crippen LogP contribution >= 0.6 is 11.6 Å². The average molecular weight is 302 g/mol. The third kappa shape index (κ3) is 2.40. The van der Waals surface area contributed by atoms with E-state index in [1.165, 1.54) is 12.1 Å². The van der Waals surface area contributed by atoms with Crippen LogP contribution < -0.4 is 0 Å². The van der Waals surface area contributed by atoms with Crippen molar-refractivity contribution in [2.75, 3.05) is 0 Å². The molecule has 1 heterocycles. The van der Waals surface area contributed by atoms with Crippen LogP contribution in [0.2, 0.25) is 0 Å². The van der Waals surface area contributed by atoms with E-state index >= 15 is 0 Å². The fourth-order valence-corrected chi connectivity index (χ4v) is 2.32. The molecule has 20 heavy (non-hydrogen) atoms. The van der Waals surface area contributed by atoms with Gasteiger partial charge in [-0.15, -0.1) is 21.8 Å². The lowest BCUT2D eigenvalue weighted by atomic mass is 10.1. The highest BCUT2D eigenvalue weighted by Crippen LogP contribution is 2.39. The first kappa shape index (κ1) is 13.4. The minimum Gasteiger partial charge on any atom is -0.307 e. The highest BCUT2D eigenvalue weighted by Gasteiger charge is 2.32. The van der Waals surface area contributed by atoms with Crippen molar-refractivity contribution in [2.24, 2.45) is 0 Å². The first-order valence-corrected chi connectivity index (χ1v) is 6.71. The topological polar surface area (TPSA) is 30.7 Å². The summed E-state index contributed by atoms with van der Waals surface area (Å²) < 4.78 is 39.6. The van der Waals surface area contributed by atoms with Gasteiger partial charge in [0.05, 0.1) is 11.4 Å². The zero-order chi connectivity index (χ0) is 14.3. The third-order valence-corrected chi connectivity index (χ3v) is 3.51. The lowest BCUT2D eigenvalue weighted by Gasteiger charge is -2.09. The highest BCUT2D eigenvalue weighted by atomic mass is 35.5. The van der Waals surface area contributed by atoms with E-state index in [1.54, 1.807) is 0 Å². The number of aromatic nitrogens is 3. The Hall–Kier alpha value is -1.56. The summed E-state index contributed by atoms with van der Waals surface area (Å²) in [5.74, 6) is 1.48. The summed E-state index contributed by atoms with van der Waals surface area (Å²) >= 11 is 5.82. The minimum absolute atomic E-state index is 0.240. The molecule has 3 rings (SSSR count). The van der Waals surface area contributed by atoms with Crippen LogP contribution in [0.5, 0.6) is 0 Å². The summed E-state index contributed by atoms with van der Waals surface area (Å²) in [6.07, 6.45) is -2.28. The van der Waals surface area contributed by atoms with E-state index in [4.69, 9.17) is 11.6 Å². The van der Waals surface area contributed by atoms with Gasteiger partial charge in [-0.05, 0) is 25.0 Å². The predicted molar refractivity (Wildman–Crippen MR) is 68.3 cm³/mol. The van der Waals surface area contributed by atoms with Crippen LogP contribution in [-0.4, -0.2) is 14.8 Å². The summed E-state index contributed by atoms with van der Waals surface area (Å²) in [5.41, 5.74) is -0.0509. The van der Waals surface area contributed by atoms with E-state index < -0.39 is 11.7 Å². The van der Waals surface area contributed by atoms with Gasteiger partial charge in [-0.1, -0.05) is 12.1 Å². The maximum Gasteiger partial charge on any atom is 0.416 e. The predicted octanol–water partition coefficient (Wildman–Crippen LogP) is 4.04. The van der Waals surface area contributed by atoms with Crippen molar-refractivity contribution in [3.63, 3.8) is 0 Å². The molecule has 2 aromatic rings. The quantitative estimate of drug-likeness (QED) is 0.801. The number of hydrogen-bond acceptors (Lipinski definition) is 2. The Morgan fingerprint density at radius 2 is 1.80 bits per heavy atom. The zero-order valence-electron chi connectivity index (χ0n) is 10.4. The molecular formula is C13H11ClF3N3. The number of hydrogen-bond donors (Lipinski definition) is 0. The number of nitrogens with zero attached hydrogens (tertiary/aromatic N) is 3. The zero-order valence-corrected chi connectivity index (χ0v) is 11.1. The van der Waals surface area contributed by atoms with Gasteiger partial charge in [-0.25, -0.2) is 0 Å². The van der Waals surface area contributed by atoms with Crippen LogP contribution in [-0.2, 0) is 12.1 Å². The molecule has 1 saturated carbocycles. The van der Waals surface area contributed by atoms with Gasteiger partial charge in [0.1, 0.15) is 5.82 Å². The molecule has 0 atom stereocenters. The smallest absolute Gasteiger partial charge is 0.307 e. The molecule has 0 N–H and O–H groups in total. The molecular weight excluding hydrogens is 291 g/mol. The average Bonchev–Trinajstić information content (AvgIpc) is 3.17. The molecule has 0 saturated heterocycles. The minimum atomic E-state index is -4.33. The second kappa shape index (κ2) is 4.77. The summed E-state index contributed by atoms with van der Waals surface area (Å²) in [5, 5.41) is 8.06. The first-order valence-electron chi connectivity index (χ1n) is 6.18. The third-order valence-electron chi connectivity index (χ3n) is 3.27. The van der Waals surface area contributed by atoms with Crippen molar-refractivity contribution in [3.05, 3.63) is 35.7 Å². The maximum absolute atomic E-state index is 12.5. The molecule has 1 aliphatic carbocycles. The fourth-order valence-electron chi connectivity index (χ4n) is 2.14. The van der Waals surface area contributed by atoms with E-state index in [0.717, 1.165) is 25.0 Å². The van der Waals surface area contributed by atoms with Crippen molar-refractivity contribution in [1.82, 2.24) is 14.8 Å². The summed E-state index contributed by atoms with van der Waals surface area (Å²) in [6.45, 7) is 0. The lowest BCUT2D eigenvalue weighted by Crippen LogP contribution is -2.05. The molecule has 7 heteroatoms. The SMILES string of the molecule is FC(F)(F)c1ccc(-c2nnc(CCl)n2C2CC2)cc1. The van der Waals surface area contributed by atoms with Gasteiger partial charge in [0, 0.05) is 11.6 Å². The van der Waals surface area contributed by atoms with E-state index in [0.29, 0.717) is 23.3 Å². The Labute approximate surface area is 118 Å². The van der Waals surface area contributed by atoms with Crippen LogP contribution in [0.3, 0.4) is 0 Å². The molecule has 1 fully saturated rings. The molecule has 106 valence electrons. The van der Waals surface area contributed by atoms with Gasteiger partial charge >= 0.3 is 6.18 Å². The molecule has 0 amide bonds. The molecule has 1 aromatic heterocycles.